The average molecular weight is 183 g/mol. The van der Waals surface area contributed by atoms with Crippen LogP contribution in [0.25, 0.3) is 0 Å². The molecule has 76 valence electrons. The first-order valence-corrected chi connectivity index (χ1v) is 5.63. The van der Waals surface area contributed by atoms with Gasteiger partial charge < -0.3 is 10.0 Å². The SMILES string of the molecule is C[C@H]1CCCN(CC2(O)CCC2)C1. The van der Waals surface area contributed by atoms with E-state index in [-0.39, 0.29) is 5.60 Å². The van der Waals surface area contributed by atoms with Crippen molar-refractivity contribution in [3.63, 3.8) is 0 Å². The molecule has 1 saturated heterocycles. The van der Waals surface area contributed by atoms with Gasteiger partial charge >= 0.3 is 0 Å². The van der Waals surface area contributed by atoms with Crippen molar-refractivity contribution in [1.29, 1.82) is 0 Å². The van der Waals surface area contributed by atoms with E-state index in [1.165, 1.54) is 32.4 Å². The van der Waals surface area contributed by atoms with Gasteiger partial charge in [0.05, 0.1) is 5.60 Å². The summed E-state index contributed by atoms with van der Waals surface area (Å²) in [4.78, 5) is 2.45. The number of piperidine rings is 1. The summed E-state index contributed by atoms with van der Waals surface area (Å²) in [7, 11) is 0. The van der Waals surface area contributed by atoms with E-state index < -0.39 is 0 Å². The summed E-state index contributed by atoms with van der Waals surface area (Å²) in [6, 6.07) is 0. The Balaban J connectivity index is 1.80. The number of hydrogen-bond acceptors (Lipinski definition) is 2. The van der Waals surface area contributed by atoms with E-state index in [2.05, 4.69) is 11.8 Å². The lowest BCUT2D eigenvalue weighted by atomic mass is 9.79. The van der Waals surface area contributed by atoms with Gasteiger partial charge in [0.25, 0.3) is 0 Å². The maximum Gasteiger partial charge on any atom is 0.0774 e. The predicted octanol–water partition coefficient (Wildman–Crippen LogP) is 1.63. The van der Waals surface area contributed by atoms with Gasteiger partial charge in [-0.2, -0.15) is 0 Å². The molecule has 2 fully saturated rings. The van der Waals surface area contributed by atoms with Crippen LogP contribution in [0, 0.1) is 5.92 Å². The maximum absolute atomic E-state index is 10.0. The molecule has 13 heavy (non-hydrogen) atoms. The predicted molar refractivity (Wildman–Crippen MR) is 53.6 cm³/mol. The molecule has 0 aromatic carbocycles. The van der Waals surface area contributed by atoms with Gasteiger partial charge in [0.2, 0.25) is 0 Å². The van der Waals surface area contributed by atoms with Crippen LogP contribution in [0.4, 0.5) is 0 Å². The molecule has 1 saturated carbocycles. The molecule has 0 amide bonds. The van der Waals surface area contributed by atoms with Gasteiger partial charge in [-0.1, -0.05) is 6.92 Å². The summed E-state index contributed by atoms with van der Waals surface area (Å²) in [6.45, 7) is 5.64. The lowest BCUT2D eigenvalue weighted by Crippen LogP contribution is -2.50. The minimum absolute atomic E-state index is 0.308. The maximum atomic E-state index is 10.0. The molecule has 0 unspecified atom stereocenters. The molecule has 0 aromatic heterocycles. The molecule has 0 radical (unpaired) electrons. The molecule has 1 aliphatic heterocycles. The van der Waals surface area contributed by atoms with Gasteiger partial charge in [-0.3, -0.25) is 0 Å². The van der Waals surface area contributed by atoms with Crippen molar-refractivity contribution < 1.29 is 5.11 Å². The zero-order valence-electron chi connectivity index (χ0n) is 8.63. The monoisotopic (exact) mass is 183 g/mol. The van der Waals surface area contributed by atoms with Crippen molar-refractivity contribution in [3.05, 3.63) is 0 Å². The zero-order chi connectivity index (χ0) is 9.31. The van der Waals surface area contributed by atoms with E-state index >= 15 is 0 Å². The fourth-order valence-electron chi connectivity index (χ4n) is 2.59. The Kier molecular flexibility index (Phi) is 2.61. The molecule has 1 heterocycles. The summed E-state index contributed by atoms with van der Waals surface area (Å²) in [5, 5.41) is 10.0. The highest BCUT2D eigenvalue weighted by Gasteiger charge is 2.36. The Morgan fingerprint density at radius 3 is 2.69 bits per heavy atom. The first kappa shape index (κ1) is 9.47. The average Bonchev–Trinajstić information content (AvgIpc) is 2.01. The van der Waals surface area contributed by atoms with Gasteiger partial charge in [0.15, 0.2) is 0 Å². The fraction of sp³-hybridized carbons (Fsp3) is 1.00. The van der Waals surface area contributed by atoms with Gasteiger partial charge in [-0.25, -0.2) is 0 Å². The summed E-state index contributed by atoms with van der Waals surface area (Å²) in [6.07, 6.45) is 5.96. The molecule has 0 bridgehead atoms. The first-order valence-electron chi connectivity index (χ1n) is 5.63. The number of rotatable bonds is 2. The third kappa shape index (κ3) is 2.23. The summed E-state index contributed by atoms with van der Waals surface area (Å²) in [5.74, 6) is 0.831. The topological polar surface area (TPSA) is 23.5 Å². The molecule has 2 rings (SSSR count). The normalized spacial score (nSPS) is 34.2. The molecule has 0 spiro atoms. The Morgan fingerprint density at radius 1 is 1.38 bits per heavy atom. The Hall–Kier alpha value is -0.0800. The molecular weight excluding hydrogens is 162 g/mol. The van der Waals surface area contributed by atoms with Gasteiger partial charge in [-0.15, -0.1) is 0 Å². The highest BCUT2D eigenvalue weighted by molar-refractivity contribution is 4.91. The number of hydrogen-bond donors (Lipinski definition) is 1. The molecule has 1 N–H and O–H groups in total. The Bertz CT molecular complexity index is 177. The molecule has 2 heteroatoms. The quantitative estimate of drug-likeness (QED) is 0.703. The van der Waals surface area contributed by atoms with Crippen LogP contribution < -0.4 is 0 Å². The second-order valence-electron chi connectivity index (χ2n) is 5.06. The highest BCUT2D eigenvalue weighted by atomic mass is 16.3. The molecule has 0 aromatic rings. The largest absolute Gasteiger partial charge is 0.389 e. The Labute approximate surface area is 80.9 Å². The number of β-amino-alcohol motifs (C(OH)–C–C–N with tert-alkyl or cyclic N) is 1. The number of likely N-dealkylation sites (tertiary alicyclic amines) is 1. The molecule has 2 nitrogen and oxygen atoms in total. The van der Waals surface area contributed by atoms with Crippen LogP contribution in [0.5, 0.6) is 0 Å². The van der Waals surface area contributed by atoms with E-state index in [1.54, 1.807) is 0 Å². The zero-order valence-corrected chi connectivity index (χ0v) is 8.63. The molecule has 1 aliphatic carbocycles. The van der Waals surface area contributed by atoms with Gasteiger partial charge in [-0.05, 0) is 44.6 Å². The molecule has 1 atom stereocenters. The van der Waals surface area contributed by atoms with Gasteiger partial charge in [0, 0.05) is 13.1 Å². The van der Waals surface area contributed by atoms with E-state index in [0.717, 1.165) is 25.3 Å². The second kappa shape index (κ2) is 3.58. The number of nitrogens with zero attached hydrogens (tertiary/aromatic N) is 1. The third-order valence-corrected chi connectivity index (χ3v) is 3.54. The summed E-state index contributed by atoms with van der Waals surface area (Å²) < 4.78 is 0. The van der Waals surface area contributed by atoms with Crippen LogP contribution in [-0.4, -0.2) is 35.2 Å². The van der Waals surface area contributed by atoms with Crippen LogP contribution in [0.1, 0.15) is 39.0 Å². The highest BCUT2D eigenvalue weighted by Crippen LogP contribution is 2.33. The second-order valence-corrected chi connectivity index (χ2v) is 5.06. The van der Waals surface area contributed by atoms with E-state index in [1.807, 2.05) is 0 Å². The summed E-state index contributed by atoms with van der Waals surface area (Å²) >= 11 is 0. The van der Waals surface area contributed by atoms with Crippen molar-refractivity contribution in [2.24, 2.45) is 5.92 Å². The van der Waals surface area contributed by atoms with E-state index in [4.69, 9.17) is 0 Å². The van der Waals surface area contributed by atoms with Crippen molar-refractivity contribution in [2.45, 2.75) is 44.6 Å². The summed E-state index contributed by atoms with van der Waals surface area (Å²) in [5.41, 5.74) is -0.308. The van der Waals surface area contributed by atoms with Crippen molar-refractivity contribution in [3.8, 4) is 0 Å². The van der Waals surface area contributed by atoms with Crippen LogP contribution in [0.3, 0.4) is 0 Å². The van der Waals surface area contributed by atoms with Gasteiger partial charge in [0.1, 0.15) is 0 Å². The van der Waals surface area contributed by atoms with Crippen molar-refractivity contribution in [2.75, 3.05) is 19.6 Å². The molecule has 2 aliphatic rings. The standard InChI is InChI=1S/C11H21NO/c1-10-4-2-7-12(8-10)9-11(13)5-3-6-11/h10,13H,2-9H2,1H3/t10-/m0/s1. The first-order chi connectivity index (χ1) is 6.18. The minimum Gasteiger partial charge on any atom is -0.389 e. The minimum atomic E-state index is -0.308. The molecular formula is C11H21NO. The van der Waals surface area contributed by atoms with Crippen LogP contribution in [0.2, 0.25) is 0 Å². The van der Waals surface area contributed by atoms with E-state index in [9.17, 15) is 5.11 Å². The van der Waals surface area contributed by atoms with Crippen molar-refractivity contribution in [1.82, 2.24) is 4.90 Å². The lowest BCUT2D eigenvalue weighted by Gasteiger charge is -2.42. The fourth-order valence-corrected chi connectivity index (χ4v) is 2.59. The smallest absolute Gasteiger partial charge is 0.0774 e. The van der Waals surface area contributed by atoms with E-state index in [0.29, 0.717) is 0 Å². The van der Waals surface area contributed by atoms with Crippen LogP contribution >= 0.6 is 0 Å². The van der Waals surface area contributed by atoms with Crippen LogP contribution in [0.15, 0.2) is 0 Å². The third-order valence-electron chi connectivity index (χ3n) is 3.54. The Morgan fingerprint density at radius 2 is 2.15 bits per heavy atom. The van der Waals surface area contributed by atoms with Crippen LogP contribution in [-0.2, 0) is 0 Å². The lowest BCUT2D eigenvalue weighted by molar-refractivity contribution is -0.0644. The van der Waals surface area contributed by atoms with Crippen molar-refractivity contribution >= 4 is 0 Å². The number of aliphatic hydroxyl groups is 1.